The third kappa shape index (κ3) is 4.07. The van der Waals surface area contributed by atoms with E-state index in [2.05, 4.69) is 34.1 Å². The van der Waals surface area contributed by atoms with Crippen LogP contribution in [0.25, 0.3) is 0 Å². The van der Waals surface area contributed by atoms with Gasteiger partial charge in [0.15, 0.2) is 0 Å². The van der Waals surface area contributed by atoms with Crippen molar-refractivity contribution >= 4 is 45.0 Å². The van der Waals surface area contributed by atoms with Crippen molar-refractivity contribution in [2.75, 3.05) is 13.7 Å². The van der Waals surface area contributed by atoms with Gasteiger partial charge in [-0.25, -0.2) is 4.99 Å². The average Bonchev–Trinajstić information content (AvgIpc) is 2.73. The lowest BCUT2D eigenvalue weighted by Crippen LogP contribution is -2.42. The summed E-state index contributed by atoms with van der Waals surface area (Å²) in [6, 6.07) is 23.4. The highest BCUT2D eigenvalue weighted by atomic mass is 79.9. The summed E-state index contributed by atoms with van der Waals surface area (Å²) < 4.78 is 5.94. The summed E-state index contributed by atoms with van der Waals surface area (Å²) in [6.45, 7) is 0.0629. The van der Waals surface area contributed by atoms with Crippen molar-refractivity contribution in [1.29, 1.82) is 0 Å². The highest BCUT2D eigenvalue weighted by Crippen LogP contribution is 2.41. The van der Waals surface area contributed by atoms with Gasteiger partial charge in [0.2, 0.25) is 0 Å². The van der Waals surface area contributed by atoms with Crippen molar-refractivity contribution < 1.29 is 9.53 Å². The number of nitrogens with zero attached hydrogens (tertiary/aromatic N) is 2. The number of amidine groups is 1. The van der Waals surface area contributed by atoms with Gasteiger partial charge in [-0.15, -0.1) is 0 Å². The lowest BCUT2D eigenvalue weighted by molar-refractivity contribution is -0.141. The molecule has 0 aromatic heterocycles. The number of carbonyl (C=O) groups excluding carboxylic acids is 1. The minimum Gasteiger partial charge on any atom is -0.468 e. The largest absolute Gasteiger partial charge is 0.468 e. The summed E-state index contributed by atoms with van der Waals surface area (Å²) in [4.78, 5) is 19.2. The Hall–Kier alpha value is -2.63. The SMILES string of the molecule is COC(=O)CN1C(c2cccc(Cl)c2)=Nc2ccc(Br)cc2C1c1ccccc1. The normalized spacial score (nSPS) is 15.5. The zero-order chi connectivity index (χ0) is 20.4. The van der Waals surface area contributed by atoms with Crippen LogP contribution in [0.1, 0.15) is 22.7 Å². The number of carbonyl (C=O) groups is 1. The number of rotatable bonds is 4. The van der Waals surface area contributed by atoms with Crippen LogP contribution in [-0.4, -0.2) is 30.4 Å². The number of hydrogen-bond donors (Lipinski definition) is 0. The van der Waals surface area contributed by atoms with E-state index in [1.807, 2.05) is 59.5 Å². The van der Waals surface area contributed by atoms with Crippen LogP contribution in [0.5, 0.6) is 0 Å². The third-order valence-electron chi connectivity index (χ3n) is 4.82. The van der Waals surface area contributed by atoms with Crippen LogP contribution >= 0.6 is 27.5 Å². The van der Waals surface area contributed by atoms with Crippen LogP contribution in [0.2, 0.25) is 5.02 Å². The van der Waals surface area contributed by atoms with Crippen molar-refractivity contribution in [2.24, 2.45) is 4.99 Å². The van der Waals surface area contributed by atoms with Crippen molar-refractivity contribution in [3.05, 3.63) is 99.0 Å². The molecule has 0 N–H and O–H groups in total. The molecule has 1 atom stereocenters. The quantitative estimate of drug-likeness (QED) is 0.456. The lowest BCUT2D eigenvalue weighted by atomic mass is 9.93. The summed E-state index contributed by atoms with van der Waals surface area (Å²) in [5.41, 5.74) is 3.78. The zero-order valence-electron chi connectivity index (χ0n) is 15.7. The number of benzene rings is 3. The first kappa shape index (κ1) is 19.7. The van der Waals surface area contributed by atoms with Gasteiger partial charge in [-0.2, -0.15) is 0 Å². The van der Waals surface area contributed by atoms with Crippen molar-refractivity contribution in [2.45, 2.75) is 6.04 Å². The van der Waals surface area contributed by atoms with Gasteiger partial charge in [-0.05, 0) is 35.9 Å². The van der Waals surface area contributed by atoms with E-state index in [4.69, 9.17) is 21.3 Å². The number of aliphatic imine (C=N–C) groups is 1. The Labute approximate surface area is 182 Å². The first-order chi connectivity index (χ1) is 14.1. The molecule has 0 bridgehead atoms. The molecular weight excluding hydrogens is 452 g/mol. The van der Waals surface area contributed by atoms with Crippen LogP contribution in [0.15, 0.2) is 82.3 Å². The second-order valence-corrected chi connectivity index (χ2v) is 8.02. The number of esters is 1. The van der Waals surface area contributed by atoms with Gasteiger partial charge >= 0.3 is 5.97 Å². The van der Waals surface area contributed by atoms with Gasteiger partial charge < -0.3 is 9.64 Å². The first-order valence-electron chi connectivity index (χ1n) is 9.09. The predicted molar refractivity (Wildman–Crippen MR) is 119 cm³/mol. The molecule has 29 heavy (non-hydrogen) atoms. The molecule has 3 aromatic carbocycles. The molecule has 6 heteroatoms. The van der Waals surface area contributed by atoms with Gasteiger partial charge in [0.05, 0.1) is 18.8 Å². The zero-order valence-corrected chi connectivity index (χ0v) is 18.0. The third-order valence-corrected chi connectivity index (χ3v) is 5.55. The van der Waals surface area contributed by atoms with E-state index in [1.165, 1.54) is 7.11 Å². The molecule has 0 fully saturated rings. The molecule has 0 aliphatic carbocycles. The minimum absolute atomic E-state index is 0.0629. The van der Waals surface area contributed by atoms with Crippen molar-refractivity contribution in [1.82, 2.24) is 4.90 Å². The number of ether oxygens (including phenoxy) is 1. The maximum Gasteiger partial charge on any atom is 0.325 e. The van der Waals surface area contributed by atoms with E-state index < -0.39 is 0 Å². The van der Waals surface area contributed by atoms with Crippen LogP contribution in [0.4, 0.5) is 5.69 Å². The molecule has 0 saturated heterocycles. The number of fused-ring (bicyclic) bond motifs is 1. The maximum absolute atomic E-state index is 12.3. The topological polar surface area (TPSA) is 41.9 Å². The molecule has 4 nitrogen and oxygen atoms in total. The molecule has 0 amide bonds. The molecule has 0 saturated carbocycles. The van der Waals surface area contributed by atoms with E-state index in [-0.39, 0.29) is 18.6 Å². The summed E-state index contributed by atoms with van der Waals surface area (Å²) in [5, 5.41) is 0.612. The maximum atomic E-state index is 12.3. The summed E-state index contributed by atoms with van der Waals surface area (Å²) in [5.74, 6) is 0.348. The molecule has 146 valence electrons. The molecular formula is C23H18BrClN2O2. The number of halogens is 2. The Kier molecular flexibility index (Phi) is 5.69. The van der Waals surface area contributed by atoms with Gasteiger partial charge in [0.1, 0.15) is 12.4 Å². The fourth-order valence-corrected chi connectivity index (χ4v) is 4.11. The first-order valence-corrected chi connectivity index (χ1v) is 10.3. The van der Waals surface area contributed by atoms with Crippen molar-refractivity contribution in [3.63, 3.8) is 0 Å². The van der Waals surface area contributed by atoms with E-state index in [0.29, 0.717) is 10.9 Å². The Bertz CT molecular complexity index is 1090. The van der Waals surface area contributed by atoms with Crippen molar-refractivity contribution in [3.8, 4) is 0 Å². The molecule has 1 aliphatic heterocycles. The summed E-state index contributed by atoms with van der Waals surface area (Å²) in [6.07, 6.45) is 0. The molecule has 0 radical (unpaired) electrons. The fraction of sp³-hybridized carbons (Fsp3) is 0.130. The monoisotopic (exact) mass is 468 g/mol. The van der Waals surface area contributed by atoms with Crippen LogP contribution in [-0.2, 0) is 9.53 Å². The lowest BCUT2D eigenvalue weighted by Gasteiger charge is -2.38. The number of hydrogen-bond acceptors (Lipinski definition) is 4. The van der Waals surface area contributed by atoms with Gasteiger partial charge in [0, 0.05) is 20.6 Å². The second-order valence-electron chi connectivity index (χ2n) is 6.67. The summed E-state index contributed by atoms with van der Waals surface area (Å²) in [7, 11) is 1.39. The molecule has 3 aromatic rings. The summed E-state index contributed by atoms with van der Waals surface area (Å²) >= 11 is 9.82. The standard InChI is InChI=1S/C23H18BrClN2O2/c1-29-21(28)14-27-22(15-6-3-2-4-7-15)19-13-17(24)10-11-20(19)26-23(27)16-8-5-9-18(25)12-16/h2-13,22H,14H2,1H3. The second kappa shape index (κ2) is 8.39. The highest BCUT2D eigenvalue weighted by Gasteiger charge is 2.33. The van der Waals surface area contributed by atoms with E-state index in [0.717, 1.165) is 26.9 Å². The van der Waals surface area contributed by atoms with E-state index in [1.54, 1.807) is 0 Å². The van der Waals surface area contributed by atoms with Crippen LogP contribution < -0.4 is 0 Å². The van der Waals surface area contributed by atoms with Gasteiger partial charge in [-0.3, -0.25) is 4.79 Å². The minimum atomic E-state index is -0.334. The molecule has 1 heterocycles. The molecule has 0 spiro atoms. The number of methoxy groups -OCH3 is 1. The smallest absolute Gasteiger partial charge is 0.325 e. The average molecular weight is 470 g/mol. The molecule has 1 aliphatic rings. The van der Waals surface area contributed by atoms with Crippen LogP contribution in [0.3, 0.4) is 0 Å². The van der Waals surface area contributed by atoms with Gasteiger partial charge in [0.25, 0.3) is 0 Å². The molecule has 1 unspecified atom stereocenters. The Morgan fingerprint density at radius 3 is 2.62 bits per heavy atom. The Morgan fingerprint density at radius 2 is 1.90 bits per heavy atom. The van der Waals surface area contributed by atoms with E-state index >= 15 is 0 Å². The molecule has 4 rings (SSSR count). The Balaban J connectivity index is 1.95. The highest BCUT2D eigenvalue weighted by molar-refractivity contribution is 9.10. The van der Waals surface area contributed by atoms with E-state index in [9.17, 15) is 4.79 Å². The van der Waals surface area contributed by atoms with Crippen LogP contribution in [0, 0.1) is 0 Å². The van der Waals surface area contributed by atoms with Gasteiger partial charge in [-0.1, -0.05) is 70.0 Å². The fourth-order valence-electron chi connectivity index (χ4n) is 3.54. The Morgan fingerprint density at radius 1 is 1.10 bits per heavy atom. The predicted octanol–water partition coefficient (Wildman–Crippen LogP) is 5.76.